The van der Waals surface area contributed by atoms with E-state index >= 15 is 0 Å². The summed E-state index contributed by atoms with van der Waals surface area (Å²) in [6.45, 7) is 6.55. The third kappa shape index (κ3) is 28.0. The van der Waals surface area contributed by atoms with Gasteiger partial charge in [0.15, 0.2) is 12.4 Å². The molecule has 0 fully saturated rings. The van der Waals surface area contributed by atoms with Crippen LogP contribution in [0.1, 0.15) is 218 Å². The molecule has 50 heavy (non-hydrogen) atoms. The number of halogens is 1. The molecule has 1 aromatic carbocycles. The second kappa shape index (κ2) is 35.8. The number of unbranched alkanes of at least 4 members (excludes halogenated alkanes) is 28. The van der Waals surface area contributed by atoms with Crippen LogP contribution in [-0.2, 0) is 6.54 Å². The number of nitrogens with zero attached hydrogens (tertiary/aromatic N) is 1. The third-order valence-electron chi connectivity index (χ3n) is 10.3. The summed E-state index contributed by atoms with van der Waals surface area (Å²) in [6, 6.07) is 13.0. The van der Waals surface area contributed by atoms with Crippen molar-refractivity contribution >= 4 is 12.2 Å². The van der Waals surface area contributed by atoms with E-state index in [1.165, 1.54) is 197 Å². The Morgan fingerprint density at radius 3 is 1.10 bits per heavy atom. The first-order valence-corrected chi connectivity index (χ1v) is 21.7. The van der Waals surface area contributed by atoms with Crippen molar-refractivity contribution in [2.75, 3.05) is 6.61 Å². The molecule has 0 radical (unpaired) electrons. The Kier molecular flexibility index (Phi) is 33.2. The normalized spacial score (nSPS) is 11.3. The van der Waals surface area contributed by atoms with Crippen LogP contribution in [0.3, 0.4) is 0 Å². The quantitative estimate of drug-likeness (QED) is 0.0504. The molecule has 0 spiro atoms. The molecule has 0 bridgehead atoms. The molecule has 2 nitrogen and oxygen atoms in total. The SMILES string of the molecule is CCCCCCCCCCCCCCCCCCCCCCOc1ccc(/C=C/c2cc[n+](CCCCCCCCCCCC)cc2)cc1.[Br-]. The minimum atomic E-state index is 0. The van der Waals surface area contributed by atoms with Crippen molar-refractivity contribution in [3.8, 4) is 5.75 Å². The monoisotopic (exact) mass is 754 g/mol. The van der Waals surface area contributed by atoms with Crippen molar-refractivity contribution in [1.29, 1.82) is 0 Å². The van der Waals surface area contributed by atoms with Gasteiger partial charge in [0, 0.05) is 18.6 Å². The Hall–Kier alpha value is -1.61. The first-order chi connectivity index (χ1) is 24.3. The van der Waals surface area contributed by atoms with E-state index in [0.29, 0.717) is 0 Å². The summed E-state index contributed by atoms with van der Waals surface area (Å²) >= 11 is 0. The van der Waals surface area contributed by atoms with E-state index in [1.807, 2.05) is 0 Å². The van der Waals surface area contributed by atoms with Gasteiger partial charge in [0.1, 0.15) is 12.3 Å². The Bertz CT molecular complexity index is 985. The molecule has 1 aromatic heterocycles. The number of aryl methyl sites for hydroxylation is 1. The maximum Gasteiger partial charge on any atom is 0.169 e. The van der Waals surface area contributed by atoms with Crippen LogP contribution in [0.2, 0.25) is 0 Å². The van der Waals surface area contributed by atoms with E-state index in [2.05, 4.69) is 79.4 Å². The van der Waals surface area contributed by atoms with E-state index in [1.54, 1.807) is 0 Å². The Morgan fingerprint density at radius 1 is 0.400 bits per heavy atom. The first-order valence-electron chi connectivity index (χ1n) is 21.7. The zero-order valence-corrected chi connectivity index (χ0v) is 34.7. The number of benzene rings is 1. The zero-order chi connectivity index (χ0) is 34.7. The van der Waals surface area contributed by atoms with Gasteiger partial charge in [-0.25, -0.2) is 4.57 Å². The second-order valence-corrected chi connectivity index (χ2v) is 15.0. The Labute approximate surface area is 322 Å². The van der Waals surface area contributed by atoms with Crippen LogP contribution in [0.5, 0.6) is 5.75 Å². The molecule has 2 aromatic rings. The average Bonchev–Trinajstić information content (AvgIpc) is 3.13. The maximum atomic E-state index is 6.02. The van der Waals surface area contributed by atoms with Crippen molar-refractivity contribution in [3.05, 3.63) is 59.9 Å². The highest BCUT2D eigenvalue weighted by molar-refractivity contribution is 5.69. The maximum absolute atomic E-state index is 6.02. The van der Waals surface area contributed by atoms with Gasteiger partial charge >= 0.3 is 0 Å². The minimum absolute atomic E-state index is 0. The molecule has 0 saturated carbocycles. The van der Waals surface area contributed by atoms with E-state index in [9.17, 15) is 0 Å². The van der Waals surface area contributed by atoms with Crippen LogP contribution in [0, 0.1) is 0 Å². The van der Waals surface area contributed by atoms with E-state index in [0.717, 1.165) is 25.3 Å². The van der Waals surface area contributed by atoms with E-state index in [4.69, 9.17) is 4.74 Å². The van der Waals surface area contributed by atoms with Crippen LogP contribution >= 0.6 is 0 Å². The van der Waals surface area contributed by atoms with E-state index < -0.39 is 0 Å². The molecule has 3 heteroatoms. The number of aromatic nitrogens is 1. The standard InChI is InChI=1S/C47H80NO.BrH/c1-3-5-7-9-11-13-15-16-17-18-19-20-21-22-23-24-26-28-30-32-44-49-47-37-35-45(36-38-47)33-34-46-39-42-48(43-40-46)41-31-29-27-25-14-12-10-8-6-4-2;/h33-40,42-43H,3-32,41,44H2,1-2H3;1H/q+1;/p-1/b34-33+;. The van der Waals surface area contributed by atoms with Crippen molar-refractivity contribution in [1.82, 2.24) is 0 Å². The van der Waals surface area contributed by atoms with Gasteiger partial charge in [0.2, 0.25) is 0 Å². The molecular weight excluding hydrogens is 674 g/mol. The van der Waals surface area contributed by atoms with Gasteiger partial charge in [-0.05, 0) is 36.1 Å². The molecule has 0 N–H and O–H groups in total. The molecule has 0 aliphatic carbocycles. The zero-order valence-electron chi connectivity index (χ0n) is 33.1. The lowest BCUT2D eigenvalue weighted by atomic mass is 10.0. The molecular formula is C47H80BrNO. The van der Waals surface area contributed by atoms with Crippen LogP contribution in [0.25, 0.3) is 12.2 Å². The smallest absolute Gasteiger partial charge is 0.169 e. The van der Waals surface area contributed by atoms with Crippen molar-refractivity contribution in [2.45, 2.75) is 213 Å². The fraction of sp³-hybridized carbons (Fsp3) is 0.723. The third-order valence-corrected chi connectivity index (χ3v) is 10.3. The summed E-state index contributed by atoms with van der Waals surface area (Å²) in [6.07, 6.45) is 51.1. The Balaban J connectivity index is 0.0000125. The lowest BCUT2D eigenvalue weighted by Crippen LogP contribution is -3.00. The minimum Gasteiger partial charge on any atom is -1.00 e. The Morgan fingerprint density at radius 2 is 0.720 bits per heavy atom. The fourth-order valence-corrected chi connectivity index (χ4v) is 6.93. The van der Waals surface area contributed by atoms with Crippen LogP contribution in [0.15, 0.2) is 48.8 Å². The fourth-order valence-electron chi connectivity index (χ4n) is 6.93. The molecule has 0 aliphatic heterocycles. The number of hydrogen-bond acceptors (Lipinski definition) is 1. The van der Waals surface area contributed by atoms with Crippen molar-refractivity contribution in [2.24, 2.45) is 0 Å². The van der Waals surface area contributed by atoms with Crippen LogP contribution < -0.4 is 26.3 Å². The lowest BCUT2D eigenvalue weighted by Gasteiger charge is -2.07. The summed E-state index contributed by atoms with van der Waals surface area (Å²) in [5, 5.41) is 0. The highest BCUT2D eigenvalue weighted by Gasteiger charge is 2.01. The molecule has 0 saturated heterocycles. The summed E-state index contributed by atoms with van der Waals surface area (Å²) < 4.78 is 8.35. The summed E-state index contributed by atoms with van der Waals surface area (Å²) in [5.41, 5.74) is 2.47. The van der Waals surface area contributed by atoms with Crippen LogP contribution in [0.4, 0.5) is 0 Å². The predicted octanol–water partition coefficient (Wildman–Crippen LogP) is 12.3. The largest absolute Gasteiger partial charge is 1.00 e. The number of hydrogen-bond donors (Lipinski definition) is 0. The summed E-state index contributed by atoms with van der Waals surface area (Å²) in [4.78, 5) is 0. The van der Waals surface area contributed by atoms with Crippen molar-refractivity contribution < 1.29 is 26.3 Å². The van der Waals surface area contributed by atoms with Gasteiger partial charge in [-0.1, -0.05) is 211 Å². The number of rotatable bonds is 35. The number of pyridine rings is 1. The van der Waals surface area contributed by atoms with Gasteiger partial charge in [0.05, 0.1) is 6.61 Å². The highest BCUT2D eigenvalue weighted by Crippen LogP contribution is 2.17. The van der Waals surface area contributed by atoms with Crippen molar-refractivity contribution in [3.63, 3.8) is 0 Å². The molecule has 0 unspecified atom stereocenters. The van der Waals surface area contributed by atoms with Gasteiger partial charge in [-0.15, -0.1) is 0 Å². The molecule has 1 heterocycles. The highest BCUT2D eigenvalue weighted by atomic mass is 79.9. The van der Waals surface area contributed by atoms with Gasteiger partial charge in [-0.2, -0.15) is 0 Å². The molecule has 2 rings (SSSR count). The molecule has 286 valence electrons. The first kappa shape index (κ1) is 46.4. The van der Waals surface area contributed by atoms with E-state index in [-0.39, 0.29) is 17.0 Å². The number of ether oxygens (including phenoxy) is 1. The predicted molar refractivity (Wildman–Crippen MR) is 217 cm³/mol. The van der Waals surface area contributed by atoms with Gasteiger partial charge < -0.3 is 21.7 Å². The second-order valence-electron chi connectivity index (χ2n) is 15.0. The lowest BCUT2D eigenvalue weighted by molar-refractivity contribution is -0.697. The summed E-state index contributed by atoms with van der Waals surface area (Å²) in [7, 11) is 0. The molecule has 0 amide bonds. The topological polar surface area (TPSA) is 13.1 Å². The van der Waals surface area contributed by atoms with Gasteiger partial charge in [-0.3, -0.25) is 0 Å². The molecule has 0 aliphatic rings. The summed E-state index contributed by atoms with van der Waals surface area (Å²) in [5.74, 6) is 0.989. The average molecular weight is 755 g/mol. The molecule has 0 atom stereocenters. The van der Waals surface area contributed by atoms with Crippen LogP contribution in [-0.4, -0.2) is 6.61 Å². The van der Waals surface area contributed by atoms with Gasteiger partial charge in [0.25, 0.3) is 0 Å².